The first kappa shape index (κ1) is 5.59. The van der Waals surface area contributed by atoms with Gasteiger partial charge in [-0.1, -0.05) is 0 Å². The van der Waals surface area contributed by atoms with Gasteiger partial charge in [0.05, 0.1) is 0 Å². The Morgan fingerprint density at radius 2 is 1.90 bits per heavy atom. The highest BCUT2D eigenvalue weighted by Crippen LogP contribution is 2.63. The van der Waals surface area contributed by atoms with Crippen LogP contribution in [0.1, 0.15) is 32.1 Å². The van der Waals surface area contributed by atoms with E-state index in [4.69, 9.17) is 5.73 Å². The highest BCUT2D eigenvalue weighted by atomic mass is 14.8. The van der Waals surface area contributed by atoms with Gasteiger partial charge in [0.15, 0.2) is 0 Å². The third-order valence-corrected chi connectivity index (χ3v) is 4.14. The van der Waals surface area contributed by atoms with Gasteiger partial charge in [-0.2, -0.15) is 0 Å². The van der Waals surface area contributed by atoms with Crippen LogP contribution in [-0.2, 0) is 0 Å². The van der Waals surface area contributed by atoms with Gasteiger partial charge in [-0.25, -0.2) is 0 Å². The van der Waals surface area contributed by atoms with Crippen molar-refractivity contribution in [1.82, 2.24) is 0 Å². The zero-order valence-corrected chi connectivity index (χ0v) is 6.34. The minimum atomic E-state index is 0.319. The zero-order chi connectivity index (χ0) is 6.77. The lowest BCUT2D eigenvalue weighted by molar-refractivity contribution is 0.127. The van der Waals surface area contributed by atoms with Crippen LogP contribution < -0.4 is 5.73 Å². The molecule has 4 saturated carbocycles. The molecule has 4 aliphatic rings. The molecule has 0 aromatic carbocycles. The van der Waals surface area contributed by atoms with E-state index in [9.17, 15) is 0 Å². The molecule has 0 spiro atoms. The lowest BCUT2D eigenvalue weighted by Crippen LogP contribution is -2.50. The summed E-state index contributed by atoms with van der Waals surface area (Å²) in [5, 5.41) is 0. The van der Waals surface area contributed by atoms with Gasteiger partial charge < -0.3 is 5.73 Å². The van der Waals surface area contributed by atoms with Crippen molar-refractivity contribution < 1.29 is 0 Å². The molecule has 2 atom stereocenters. The van der Waals surface area contributed by atoms with Crippen LogP contribution in [0.5, 0.6) is 0 Å². The molecule has 0 heterocycles. The molecule has 1 heteroatoms. The van der Waals surface area contributed by atoms with Gasteiger partial charge in [-0.05, 0) is 49.9 Å². The molecule has 0 aromatic rings. The predicted molar refractivity (Wildman–Crippen MR) is 40.5 cm³/mol. The maximum absolute atomic E-state index is 6.28. The van der Waals surface area contributed by atoms with Crippen molar-refractivity contribution in [3.05, 3.63) is 0 Å². The van der Waals surface area contributed by atoms with Crippen molar-refractivity contribution in [1.29, 1.82) is 0 Å². The van der Waals surface area contributed by atoms with Gasteiger partial charge in [-0.3, -0.25) is 0 Å². The minimum absolute atomic E-state index is 0.319. The summed E-state index contributed by atoms with van der Waals surface area (Å²) in [4.78, 5) is 0. The first-order chi connectivity index (χ1) is 4.80. The fourth-order valence-corrected chi connectivity index (χ4v) is 3.37. The Labute approximate surface area is 62.0 Å². The molecule has 1 nitrogen and oxygen atoms in total. The van der Waals surface area contributed by atoms with E-state index in [1.165, 1.54) is 32.1 Å². The molecule has 56 valence electrons. The smallest absolute Gasteiger partial charge is 0.0185 e. The topological polar surface area (TPSA) is 26.0 Å². The lowest BCUT2D eigenvalue weighted by Gasteiger charge is -2.43. The van der Waals surface area contributed by atoms with Crippen molar-refractivity contribution in [2.24, 2.45) is 23.5 Å². The van der Waals surface area contributed by atoms with Crippen molar-refractivity contribution in [2.75, 3.05) is 0 Å². The van der Waals surface area contributed by atoms with Crippen LogP contribution in [0, 0.1) is 17.8 Å². The third kappa shape index (κ3) is 0.493. The van der Waals surface area contributed by atoms with Crippen LogP contribution in [0.15, 0.2) is 0 Å². The molecule has 2 N–H and O–H groups in total. The third-order valence-electron chi connectivity index (χ3n) is 4.14. The second kappa shape index (κ2) is 1.42. The Kier molecular flexibility index (Phi) is 0.797. The molecule has 2 bridgehead atoms. The van der Waals surface area contributed by atoms with Crippen LogP contribution in [0.2, 0.25) is 0 Å². The molecule has 0 unspecified atom stereocenters. The van der Waals surface area contributed by atoms with E-state index in [1.807, 2.05) is 0 Å². The van der Waals surface area contributed by atoms with Crippen molar-refractivity contribution in [3.8, 4) is 0 Å². The van der Waals surface area contributed by atoms with Gasteiger partial charge in [0, 0.05) is 5.54 Å². The van der Waals surface area contributed by atoms with Crippen LogP contribution >= 0.6 is 0 Å². The molecular formula is C9H15N. The summed E-state index contributed by atoms with van der Waals surface area (Å²) in [6.45, 7) is 0. The van der Waals surface area contributed by atoms with Gasteiger partial charge in [0.2, 0.25) is 0 Å². The maximum Gasteiger partial charge on any atom is 0.0185 e. The highest BCUT2D eigenvalue weighted by molar-refractivity contribution is 5.13. The van der Waals surface area contributed by atoms with Gasteiger partial charge in [0.1, 0.15) is 0 Å². The van der Waals surface area contributed by atoms with Crippen molar-refractivity contribution >= 4 is 0 Å². The van der Waals surface area contributed by atoms with E-state index < -0.39 is 0 Å². The number of fused-ring (bicyclic) bond motifs is 2. The molecule has 10 heavy (non-hydrogen) atoms. The first-order valence-electron chi connectivity index (χ1n) is 4.58. The summed E-state index contributed by atoms with van der Waals surface area (Å²) in [5.41, 5.74) is 6.60. The van der Waals surface area contributed by atoms with Crippen LogP contribution in [0.25, 0.3) is 0 Å². The van der Waals surface area contributed by atoms with E-state index in [0.717, 1.165) is 17.8 Å². The molecule has 0 amide bonds. The molecule has 0 aliphatic heterocycles. The van der Waals surface area contributed by atoms with Crippen LogP contribution in [-0.4, -0.2) is 5.54 Å². The Bertz CT molecular complexity index is 168. The van der Waals surface area contributed by atoms with Gasteiger partial charge >= 0.3 is 0 Å². The molecule has 4 aliphatic carbocycles. The van der Waals surface area contributed by atoms with E-state index in [1.54, 1.807) is 0 Å². The Hall–Kier alpha value is -0.0400. The maximum atomic E-state index is 6.28. The quantitative estimate of drug-likeness (QED) is 0.538. The van der Waals surface area contributed by atoms with E-state index in [0.29, 0.717) is 5.54 Å². The van der Waals surface area contributed by atoms with Crippen LogP contribution in [0.3, 0.4) is 0 Å². The van der Waals surface area contributed by atoms with Crippen molar-refractivity contribution in [2.45, 2.75) is 37.6 Å². The van der Waals surface area contributed by atoms with Crippen molar-refractivity contribution in [3.63, 3.8) is 0 Å². The van der Waals surface area contributed by atoms with Gasteiger partial charge in [0.25, 0.3) is 0 Å². The number of rotatable bonds is 0. The average Bonchev–Trinajstić information content (AvgIpc) is 2.68. The zero-order valence-electron chi connectivity index (χ0n) is 6.34. The number of hydrogen-bond acceptors (Lipinski definition) is 1. The molecule has 0 aromatic heterocycles. The summed E-state index contributed by atoms with van der Waals surface area (Å²) in [6, 6.07) is 0. The van der Waals surface area contributed by atoms with Crippen LogP contribution in [0.4, 0.5) is 0 Å². The van der Waals surface area contributed by atoms with Gasteiger partial charge in [-0.15, -0.1) is 0 Å². The Morgan fingerprint density at radius 3 is 2.40 bits per heavy atom. The number of hydrogen-bond donors (Lipinski definition) is 1. The average molecular weight is 137 g/mol. The van der Waals surface area contributed by atoms with E-state index >= 15 is 0 Å². The second-order valence-corrected chi connectivity index (χ2v) is 4.58. The summed E-state index contributed by atoms with van der Waals surface area (Å²) >= 11 is 0. The summed E-state index contributed by atoms with van der Waals surface area (Å²) < 4.78 is 0. The predicted octanol–water partition coefficient (Wildman–Crippen LogP) is 1.52. The molecule has 0 radical (unpaired) electrons. The first-order valence-corrected chi connectivity index (χ1v) is 4.58. The standard InChI is InChI=1S/C9H15N/c10-9-3-1-6(2-4-9)7-5-8(7)9/h6-8H,1-5,10H2/t6?,7-,8-,9?/m1/s1. The summed E-state index contributed by atoms with van der Waals surface area (Å²) in [6.07, 6.45) is 7.02. The molecular weight excluding hydrogens is 122 g/mol. The normalized spacial score (nSPS) is 63.9. The largest absolute Gasteiger partial charge is 0.325 e. The fourth-order valence-electron chi connectivity index (χ4n) is 3.37. The summed E-state index contributed by atoms with van der Waals surface area (Å²) in [7, 11) is 0. The molecule has 0 saturated heterocycles. The van der Waals surface area contributed by atoms with E-state index in [-0.39, 0.29) is 0 Å². The molecule has 4 fully saturated rings. The minimum Gasteiger partial charge on any atom is -0.325 e. The highest BCUT2D eigenvalue weighted by Gasteiger charge is 2.59. The number of nitrogens with two attached hydrogens (primary N) is 1. The monoisotopic (exact) mass is 137 g/mol. The second-order valence-electron chi connectivity index (χ2n) is 4.58. The lowest BCUT2D eigenvalue weighted by atomic mass is 9.66. The fraction of sp³-hybridized carbons (Fsp3) is 1.00. The Balaban J connectivity index is 1.98. The Morgan fingerprint density at radius 1 is 1.20 bits per heavy atom. The SMILES string of the molecule is NC12CCC(CC1)[C@H]1C[C@H]12. The summed E-state index contributed by atoms with van der Waals surface area (Å²) in [5.74, 6) is 3.13. The molecule has 4 rings (SSSR count). The van der Waals surface area contributed by atoms with E-state index in [2.05, 4.69) is 0 Å².